The number of carbonyl (C=O) groups is 2. The number of carbonyl (C=O) groups excluding carboxylic acids is 2. The number of aromatic nitrogens is 3. The molecule has 0 unspecified atom stereocenters. The summed E-state index contributed by atoms with van der Waals surface area (Å²) < 4.78 is 26.2. The maximum Gasteiger partial charge on any atom is 0.225 e. The van der Waals surface area contributed by atoms with Gasteiger partial charge < -0.3 is 28.7 Å². The Morgan fingerprint density at radius 1 is 0.786 bits per heavy atom. The van der Waals surface area contributed by atoms with E-state index >= 15 is 0 Å². The summed E-state index contributed by atoms with van der Waals surface area (Å²) in [6, 6.07) is 34.5. The highest BCUT2D eigenvalue weighted by Crippen LogP contribution is 2.41. The quantitative estimate of drug-likeness (QED) is 0.0872. The number of Topliss-reactive ketones (excluding diaryl/α,β-unsaturated/α-hetero) is 1. The number of methoxy groups -OCH3 is 2. The average molecular weight is 978 g/mol. The average Bonchev–Trinajstić information content (AvgIpc) is 3.85. The SMILES string of the molecule is COc1cccc(-c2cc(C(=O)Cc3ccc(-c4ccc(OC5CCN(C(=O)C[C@@H]6N=C(c7ccc(Cl)cc7)c7c(sc(C)c7C)-n7c(C)nnc76)CC5)cc4OCCN(C)C)cc3)ccc2OC)c1. The molecule has 14 heteroatoms. The van der Waals surface area contributed by atoms with Crippen molar-refractivity contribution in [2.75, 3.05) is 54.6 Å². The smallest absolute Gasteiger partial charge is 0.225 e. The van der Waals surface area contributed by atoms with Gasteiger partial charge in [0, 0.05) is 82.7 Å². The minimum atomic E-state index is -0.533. The molecule has 0 saturated carbocycles. The second kappa shape index (κ2) is 21.1. The second-order valence-corrected chi connectivity index (χ2v) is 19.7. The van der Waals surface area contributed by atoms with Crippen molar-refractivity contribution >= 4 is 40.3 Å². The summed E-state index contributed by atoms with van der Waals surface area (Å²) in [5.41, 5.74) is 9.07. The minimum absolute atomic E-state index is 0.00428. The molecule has 4 heterocycles. The molecular formula is C56H57ClN6O6S. The summed E-state index contributed by atoms with van der Waals surface area (Å²) >= 11 is 8.01. The number of rotatable bonds is 16. The molecule has 12 nitrogen and oxygen atoms in total. The number of amides is 1. The highest BCUT2D eigenvalue weighted by Gasteiger charge is 2.34. The van der Waals surface area contributed by atoms with Crippen molar-refractivity contribution in [3.05, 3.63) is 159 Å². The van der Waals surface area contributed by atoms with Gasteiger partial charge in [0.1, 0.15) is 52.6 Å². The number of piperidine rings is 1. The predicted molar refractivity (Wildman–Crippen MR) is 277 cm³/mol. The first-order valence-electron chi connectivity index (χ1n) is 23.5. The molecule has 2 aliphatic rings. The zero-order valence-corrected chi connectivity index (χ0v) is 42.2. The Hall–Kier alpha value is -6.80. The summed E-state index contributed by atoms with van der Waals surface area (Å²) in [5.74, 6) is 4.27. The normalized spacial score (nSPS) is 14.7. The molecule has 360 valence electrons. The van der Waals surface area contributed by atoms with Crippen LogP contribution in [0.15, 0.2) is 114 Å². The Balaban J connectivity index is 0.868. The van der Waals surface area contributed by atoms with E-state index in [4.69, 9.17) is 35.5 Å². The van der Waals surface area contributed by atoms with Gasteiger partial charge in [-0.05, 0) is 112 Å². The molecule has 2 aromatic heterocycles. The Bertz CT molecular complexity index is 3060. The van der Waals surface area contributed by atoms with Gasteiger partial charge in [-0.15, -0.1) is 21.5 Å². The van der Waals surface area contributed by atoms with Crippen LogP contribution in [0.2, 0.25) is 5.02 Å². The maximum absolute atomic E-state index is 14.2. The van der Waals surface area contributed by atoms with E-state index in [2.05, 4.69) is 33.5 Å². The largest absolute Gasteiger partial charge is 0.497 e. The summed E-state index contributed by atoms with van der Waals surface area (Å²) in [5, 5.41) is 10.7. The lowest BCUT2D eigenvalue weighted by Gasteiger charge is -2.33. The zero-order valence-electron chi connectivity index (χ0n) is 40.6. The summed E-state index contributed by atoms with van der Waals surface area (Å²) in [6.45, 7) is 8.53. The van der Waals surface area contributed by atoms with Gasteiger partial charge in [0.15, 0.2) is 11.6 Å². The number of hydrogen-bond acceptors (Lipinski definition) is 11. The zero-order chi connectivity index (χ0) is 49.1. The number of aryl methyl sites for hydroxylation is 2. The predicted octanol–water partition coefficient (Wildman–Crippen LogP) is 11.0. The molecule has 7 aromatic rings. The summed E-state index contributed by atoms with van der Waals surface area (Å²) in [7, 11) is 7.29. The molecule has 70 heavy (non-hydrogen) atoms. The van der Waals surface area contributed by atoms with Crippen molar-refractivity contribution in [2.45, 2.75) is 58.6 Å². The number of ether oxygens (including phenoxy) is 4. The lowest BCUT2D eigenvalue weighted by molar-refractivity contribution is -0.133. The lowest BCUT2D eigenvalue weighted by Crippen LogP contribution is -2.42. The molecule has 1 fully saturated rings. The van der Waals surface area contributed by atoms with Gasteiger partial charge in [-0.2, -0.15) is 0 Å². The van der Waals surface area contributed by atoms with E-state index in [1.54, 1.807) is 25.6 Å². The van der Waals surface area contributed by atoms with E-state index in [9.17, 15) is 9.59 Å². The molecular weight excluding hydrogens is 920 g/mol. The fourth-order valence-corrected chi connectivity index (χ4v) is 10.4. The number of hydrogen-bond donors (Lipinski definition) is 0. The molecule has 9 rings (SSSR count). The van der Waals surface area contributed by atoms with E-state index in [1.807, 2.05) is 135 Å². The fraction of sp³-hybridized carbons (Fsp3) is 0.304. The molecule has 0 aliphatic carbocycles. The van der Waals surface area contributed by atoms with Gasteiger partial charge in [-0.25, -0.2) is 0 Å². The van der Waals surface area contributed by atoms with Crippen molar-refractivity contribution in [2.24, 2.45) is 4.99 Å². The molecule has 2 aliphatic heterocycles. The third-order valence-corrected chi connectivity index (χ3v) is 14.5. The topological polar surface area (TPSA) is 121 Å². The third-order valence-electron chi connectivity index (χ3n) is 13.1. The molecule has 0 radical (unpaired) electrons. The van der Waals surface area contributed by atoms with Crippen LogP contribution in [0, 0.1) is 20.8 Å². The van der Waals surface area contributed by atoms with Gasteiger partial charge in [0.2, 0.25) is 5.91 Å². The second-order valence-electron chi connectivity index (χ2n) is 18.1. The van der Waals surface area contributed by atoms with Gasteiger partial charge in [-0.3, -0.25) is 19.1 Å². The van der Waals surface area contributed by atoms with Gasteiger partial charge >= 0.3 is 0 Å². The van der Waals surface area contributed by atoms with Crippen molar-refractivity contribution in [1.29, 1.82) is 0 Å². The van der Waals surface area contributed by atoms with Crippen LogP contribution in [-0.4, -0.2) is 103 Å². The van der Waals surface area contributed by atoms with Crippen LogP contribution in [0.1, 0.15) is 74.4 Å². The Morgan fingerprint density at radius 3 is 2.27 bits per heavy atom. The van der Waals surface area contributed by atoms with E-state index < -0.39 is 6.04 Å². The molecule has 5 aromatic carbocycles. The molecule has 0 N–H and O–H groups in total. The van der Waals surface area contributed by atoms with E-state index in [0.29, 0.717) is 66.2 Å². The van der Waals surface area contributed by atoms with Crippen molar-refractivity contribution < 1.29 is 28.5 Å². The van der Waals surface area contributed by atoms with Crippen LogP contribution in [0.5, 0.6) is 23.0 Å². The van der Waals surface area contributed by atoms with Crippen LogP contribution >= 0.6 is 22.9 Å². The number of benzene rings is 5. The van der Waals surface area contributed by atoms with Gasteiger partial charge in [0.05, 0.1) is 26.4 Å². The van der Waals surface area contributed by atoms with E-state index in [-0.39, 0.29) is 30.6 Å². The molecule has 1 atom stereocenters. The highest BCUT2D eigenvalue weighted by molar-refractivity contribution is 7.15. The van der Waals surface area contributed by atoms with E-state index in [1.165, 1.54) is 4.88 Å². The van der Waals surface area contributed by atoms with Gasteiger partial charge in [-0.1, -0.05) is 60.1 Å². The first-order chi connectivity index (χ1) is 33.9. The van der Waals surface area contributed by atoms with Crippen molar-refractivity contribution in [3.63, 3.8) is 0 Å². The molecule has 0 spiro atoms. The van der Waals surface area contributed by atoms with Gasteiger partial charge in [0.25, 0.3) is 0 Å². The first-order valence-corrected chi connectivity index (χ1v) is 24.7. The number of ketones is 1. The number of fused-ring (bicyclic) bond motifs is 3. The van der Waals surface area contributed by atoms with Crippen molar-refractivity contribution in [1.82, 2.24) is 24.6 Å². The Morgan fingerprint density at radius 2 is 1.54 bits per heavy atom. The van der Waals surface area contributed by atoms with Crippen LogP contribution in [0.3, 0.4) is 0 Å². The van der Waals surface area contributed by atoms with Crippen LogP contribution in [0.25, 0.3) is 27.3 Å². The maximum atomic E-state index is 14.2. The van der Waals surface area contributed by atoms with Crippen molar-refractivity contribution in [3.8, 4) is 50.3 Å². The Labute approximate surface area is 418 Å². The standard InChI is InChI=1S/C56H57ClN6O6S/c1-34-35(2)70-56-53(34)54(39-15-18-42(57)19-16-39)58-48(55-60-59-36(3)63(55)56)33-52(65)62-25-23-43(24-26-62)69-45-20-21-46(51(32-45)68-28-27-61(4)5)38-13-11-37(12-14-38)29-49(64)41-17-22-50(67-7)47(31-41)40-9-8-10-44(30-40)66-6/h8-22,30-32,43,48H,23-29,33H2,1-7H3/t48-/m0/s1. The first kappa shape index (κ1) is 48.2. The highest BCUT2D eigenvalue weighted by atomic mass is 35.5. The third kappa shape index (κ3) is 10.4. The van der Waals surface area contributed by atoms with Crippen LogP contribution < -0.4 is 18.9 Å². The fourth-order valence-electron chi connectivity index (χ4n) is 9.10. The molecule has 1 amide bonds. The molecule has 1 saturated heterocycles. The number of likely N-dealkylation sites (N-methyl/N-ethyl adjacent to an activating group) is 1. The number of halogens is 1. The lowest BCUT2D eigenvalue weighted by atomic mass is 9.96. The minimum Gasteiger partial charge on any atom is -0.497 e. The Kier molecular flexibility index (Phi) is 14.5. The number of thiophene rings is 1. The summed E-state index contributed by atoms with van der Waals surface area (Å²) in [6.07, 6.45) is 1.68. The number of aliphatic imine (C=N–C) groups is 1. The monoisotopic (exact) mass is 976 g/mol. The van der Waals surface area contributed by atoms with Crippen LogP contribution in [0.4, 0.5) is 0 Å². The number of nitrogens with zero attached hydrogens (tertiary/aromatic N) is 6. The summed E-state index contributed by atoms with van der Waals surface area (Å²) in [4.78, 5) is 38.4. The van der Waals surface area contributed by atoms with Crippen LogP contribution in [-0.2, 0) is 11.2 Å². The molecule has 0 bridgehead atoms. The van der Waals surface area contributed by atoms with E-state index in [0.717, 1.165) is 73.3 Å². The number of likely N-dealkylation sites (tertiary alicyclic amines) is 1.